The van der Waals surface area contributed by atoms with Crippen LogP contribution in [0.3, 0.4) is 0 Å². The van der Waals surface area contributed by atoms with Crippen molar-refractivity contribution in [1.29, 1.82) is 0 Å². The highest BCUT2D eigenvalue weighted by atomic mass is 32.4. The van der Waals surface area contributed by atoms with Gasteiger partial charge in [0.2, 0.25) is 0 Å². The van der Waals surface area contributed by atoms with Gasteiger partial charge in [-0.2, -0.15) is 0 Å². The second kappa shape index (κ2) is 3.58. The Morgan fingerprint density at radius 1 is 1.50 bits per heavy atom. The fourth-order valence-electron chi connectivity index (χ4n) is 2.81. The third kappa shape index (κ3) is 1.71. The third-order valence-corrected chi connectivity index (χ3v) is 9.15. The average molecular weight is 254 g/mol. The van der Waals surface area contributed by atoms with Crippen LogP contribution in [0.1, 0.15) is 32.1 Å². The molecule has 0 heterocycles. The van der Waals surface area contributed by atoms with E-state index in [2.05, 4.69) is 4.86 Å². The van der Waals surface area contributed by atoms with Gasteiger partial charge in [-0.3, -0.25) is 0 Å². The Balaban J connectivity index is 2.20. The molecule has 2 bridgehead atoms. The fraction of sp³-hybridized carbons (Fsp3) is 1.00. The van der Waals surface area contributed by atoms with E-state index in [1.807, 2.05) is 0 Å². The lowest BCUT2D eigenvalue weighted by molar-refractivity contribution is 0.464. The van der Waals surface area contributed by atoms with Gasteiger partial charge in [0.25, 0.3) is 0 Å². The molecule has 0 saturated heterocycles. The quantitative estimate of drug-likeness (QED) is 0.671. The molecule has 4 nitrogen and oxygen atoms in total. The normalized spacial score (nSPS) is 41.0. The molecule has 7 heteroatoms. The van der Waals surface area contributed by atoms with Crippen molar-refractivity contribution < 1.29 is 14.4 Å². The number of hydrogen-bond donors (Lipinski definition) is 3. The van der Waals surface area contributed by atoms with Gasteiger partial charge in [-0.15, -0.1) is 4.89 Å². The molecule has 0 amide bonds. The van der Waals surface area contributed by atoms with Gasteiger partial charge < -0.3 is 4.89 Å². The summed E-state index contributed by atoms with van der Waals surface area (Å²) >= 11 is 5.13. The highest BCUT2D eigenvalue weighted by molar-refractivity contribution is 8.13. The van der Waals surface area contributed by atoms with E-state index in [0.29, 0.717) is 5.92 Å². The van der Waals surface area contributed by atoms with Crippen LogP contribution >= 0.6 is 14.6 Å². The minimum Gasteiger partial charge on any atom is -0.351 e. The summed E-state index contributed by atoms with van der Waals surface area (Å²) in [4.78, 5) is 21.2. The van der Waals surface area contributed by atoms with Gasteiger partial charge in [-0.25, -0.2) is 0 Å². The van der Waals surface area contributed by atoms with Crippen molar-refractivity contribution in [2.45, 2.75) is 37.3 Å². The van der Waals surface area contributed by atoms with E-state index >= 15 is 0 Å². The van der Waals surface area contributed by atoms with Gasteiger partial charge >= 0.3 is 8.18 Å². The molecule has 0 aromatic rings. The molecular weight excluding hydrogens is 240 g/mol. The second-order valence-corrected chi connectivity index (χ2v) is 9.35. The molecule has 14 heavy (non-hydrogen) atoms. The number of fused-ring (bicyclic) bond motifs is 2. The van der Waals surface area contributed by atoms with E-state index in [1.165, 1.54) is 0 Å². The van der Waals surface area contributed by atoms with E-state index in [-0.39, 0.29) is 5.16 Å². The van der Waals surface area contributed by atoms with Crippen molar-refractivity contribution in [3.05, 3.63) is 0 Å². The molecule has 2 unspecified atom stereocenters. The Hall–Kier alpha value is 0.630. The van der Waals surface area contributed by atoms with E-state index in [0.717, 1.165) is 32.1 Å². The lowest BCUT2D eigenvalue weighted by atomic mass is 10.0. The maximum absolute atomic E-state index is 10.7. The first-order valence-electron chi connectivity index (χ1n) is 4.72. The lowest BCUT2D eigenvalue weighted by Crippen LogP contribution is -2.27. The van der Waals surface area contributed by atoms with Gasteiger partial charge in [-0.1, -0.05) is 0 Å². The Morgan fingerprint density at radius 3 is 2.43 bits per heavy atom. The van der Waals surface area contributed by atoms with E-state index in [4.69, 9.17) is 16.7 Å². The van der Waals surface area contributed by atoms with Crippen LogP contribution in [0.5, 0.6) is 0 Å². The molecule has 3 N–H and O–H groups in total. The van der Waals surface area contributed by atoms with Crippen LogP contribution in [-0.4, -0.2) is 14.9 Å². The first kappa shape index (κ1) is 11.1. The van der Waals surface area contributed by atoms with Gasteiger partial charge in [0.15, 0.2) is 6.42 Å². The monoisotopic (exact) mass is 254 g/mol. The number of rotatable bonds is 3. The van der Waals surface area contributed by atoms with Crippen molar-refractivity contribution in [1.82, 2.24) is 4.86 Å². The SMILES string of the molecule is O=[P+](O)NP(O)(=S)C12CCC(CC1)C2. The first-order chi connectivity index (χ1) is 6.45. The van der Waals surface area contributed by atoms with Crippen LogP contribution in [0.15, 0.2) is 0 Å². The molecule has 2 aliphatic rings. The fourth-order valence-corrected chi connectivity index (χ4v) is 7.36. The van der Waals surface area contributed by atoms with Gasteiger partial charge in [-0.05, 0) is 59.3 Å². The summed E-state index contributed by atoms with van der Waals surface area (Å²) in [5.74, 6) is 0.683. The second-order valence-electron chi connectivity index (χ2n) is 4.32. The van der Waals surface area contributed by atoms with Gasteiger partial charge in [0.05, 0.1) is 0 Å². The molecule has 2 saturated carbocycles. The van der Waals surface area contributed by atoms with Crippen molar-refractivity contribution in [3.8, 4) is 0 Å². The van der Waals surface area contributed by atoms with Crippen LogP contribution in [0.25, 0.3) is 0 Å². The summed E-state index contributed by atoms with van der Waals surface area (Å²) in [6, 6.07) is 0. The zero-order valence-electron chi connectivity index (χ0n) is 7.72. The Morgan fingerprint density at radius 2 is 2.07 bits per heavy atom. The van der Waals surface area contributed by atoms with Crippen LogP contribution in [-0.2, 0) is 16.4 Å². The molecule has 80 valence electrons. The summed E-state index contributed by atoms with van der Waals surface area (Å²) in [5, 5.41) is -0.235. The lowest BCUT2D eigenvalue weighted by Gasteiger charge is -2.31. The molecule has 0 radical (unpaired) electrons. The molecule has 2 rings (SSSR count). The van der Waals surface area contributed by atoms with Gasteiger partial charge in [0.1, 0.15) is 0 Å². The Bertz CT molecular complexity index is 314. The van der Waals surface area contributed by atoms with E-state index < -0.39 is 14.6 Å². The minimum atomic E-state index is -2.84. The summed E-state index contributed by atoms with van der Waals surface area (Å²) < 4.78 is 10.7. The van der Waals surface area contributed by atoms with Gasteiger partial charge in [0, 0.05) is 5.16 Å². The summed E-state index contributed by atoms with van der Waals surface area (Å²) in [6.07, 6.45) is 2.17. The highest BCUT2D eigenvalue weighted by Crippen LogP contribution is 2.68. The van der Waals surface area contributed by atoms with Crippen molar-refractivity contribution in [2.24, 2.45) is 5.92 Å². The van der Waals surface area contributed by atoms with E-state index in [1.54, 1.807) is 0 Å². The van der Waals surface area contributed by atoms with Crippen molar-refractivity contribution >= 4 is 26.4 Å². The molecule has 2 aliphatic carbocycles. The standard InChI is InChI=1S/C7H13NO3P2S/c9-12(10)8-13(11,14)7-3-1-6(5-7)2-4-7/h6H,1-5H2,(H2-,8,9,10,11,14)/p+1. The minimum absolute atomic E-state index is 0.235. The third-order valence-electron chi connectivity index (χ3n) is 3.57. The maximum atomic E-state index is 10.7. The predicted octanol–water partition coefficient (Wildman–Crippen LogP) is 1.86. The molecule has 0 aromatic heterocycles. The van der Waals surface area contributed by atoms with Crippen molar-refractivity contribution in [3.63, 3.8) is 0 Å². The van der Waals surface area contributed by atoms with Crippen LogP contribution < -0.4 is 4.86 Å². The summed E-state index contributed by atoms with van der Waals surface area (Å²) in [5.41, 5.74) is 0. The molecular formula is C7H14NO3P2S+. The number of hydrogen-bond acceptors (Lipinski definition) is 2. The summed E-state index contributed by atoms with van der Waals surface area (Å²) in [7, 11) is -2.53. The predicted molar refractivity (Wildman–Crippen MR) is 58.8 cm³/mol. The zero-order chi connectivity index (χ0) is 10.4. The van der Waals surface area contributed by atoms with Crippen LogP contribution in [0.2, 0.25) is 0 Å². The summed E-state index contributed by atoms with van der Waals surface area (Å²) in [6.45, 7) is 0. The molecule has 2 fully saturated rings. The highest BCUT2D eigenvalue weighted by Gasteiger charge is 2.55. The zero-order valence-corrected chi connectivity index (χ0v) is 10.3. The Labute approximate surface area is 89.2 Å². The first-order valence-corrected chi connectivity index (χ1v) is 8.69. The largest absolute Gasteiger partial charge is 0.617 e. The van der Waals surface area contributed by atoms with Crippen LogP contribution in [0, 0.1) is 5.92 Å². The van der Waals surface area contributed by atoms with Crippen LogP contribution in [0.4, 0.5) is 0 Å². The smallest absolute Gasteiger partial charge is 0.351 e. The maximum Gasteiger partial charge on any atom is 0.617 e. The van der Waals surface area contributed by atoms with E-state index in [9.17, 15) is 9.46 Å². The molecule has 0 aromatic carbocycles. The number of nitrogens with one attached hydrogen (secondary N) is 1. The van der Waals surface area contributed by atoms with Crippen molar-refractivity contribution in [2.75, 3.05) is 0 Å². The average Bonchev–Trinajstić information content (AvgIpc) is 2.60. The topological polar surface area (TPSA) is 69.6 Å². The molecule has 2 atom stereocenters. The Kier molecular flexibility index (Phi) is 2.85. The molecule has 0 aliphatic heterocycles. The molecule has 0 spiro atoms.